The van der Waals surface area contributed by atoms with Crippen LogP contribution in [-0.2, 0) is 20.7 Å². The van der Waals surface area contributed by atoms with Crippen LogP contribution >= 0.6 is 23.2 Å². The van der Waals surface area contributed by atoms with Crippen LogP contribution < -0.4 is 0 Å². The smallest absolute Gasteiger partial charge is 0.316 e. The van der Waals surface area contributed by atoms with Gasteiger partial charge in [0.2, 0.25) is 0 Å². The van der Waals surface area contributed by atoms with Crippen molar-refractivity contribution < 1.29 is 14.3 Å². The molecule has 0 amide bonds. The third kappa shape index (κ3) is 4.22. The van der Waals surface area contributed by atoms with Crippen LogP contribution in [0.3, 0.4) is 0 Å². The number of hydrogen-bond acceptors (Lipinski definition) is 3. The van der Waals surface area contributed by atoms with Gasteiger partial charge in [-0.25, -0.2) is 0 Å². The summed E-state index contributed by atoms with van der Waals surface area (Å²) in [6.45, 7) is 3.63. The minimum atomic E-state index is -0.751. The Bertz CT molecular complexity index is 484. The predicted octanol–water partition coefficient (Wildman–Crippen LogP) is 3.55. The lowest BCUT2D eigenvalue weighted by molar-refractivity contribution is -0.151. The van der Waals surface area contributed by atoms with E-state index in [1.54, 1.807) is 18.2 Å². The van der Waals surface area contributed by atoms with Crippen molar-refractivity contribution >= 4 is 35.0 Å². The molecule has 0 N–H and O–H groups in total. The van der Waals surface area contributed by atoms with Gasteiger partial charge in [0, 0.05) is 6.42 Å². The molecule has 1 unspecified atom stereocenters. The fourth-order valence-electron chi connectivity index (χ4n) is 1.86. The summed E-state index contributed by atoms with van der Waals surface area (Å²) in [7, 11) is 1.28. The molecule has 0 aromatic heterocycles. The zero-order chi connectivity index (χ0) is 14.6. The van der Waals surface area contributed by atoms with E-state index in [1.165, 1.54) is 7.11 Å². The number of rotatable bonds is 5. The van der Waals surface area contributed by atoms with Gasteiger partial charge in [0.25, 0.3) is 0 Å². The van der Waals surface area contributed by atoms with E-state index in [2.05, 4.69) is 4.74 Å². The van der Waals surface area contributed by atoms with Crippen LogP contribution in [0, 0.1) is 11.8 Å². The number of carbonyl (C=O) groups is 2. The number of ketones is 1. The minimum absolute atomic E-state index is 0.109. The van der Waals surface area contributed by atoms with E-state index in [0.29, 0.717) is 10.0 Å². The zero-order valence-corrected chi connectivity index (χ0v) is 12.6. The van der Waals surface area contributed by atoms with Crippen molar-refractivity contribution in [1.82, 2.24) is 0 Å². The fourth-order valence-corrected chi connectivity index (χ4v) is 2.18. The molecule has 0 saturated heterocycles. The molecule has 0 aliphatic heterocycles. The molecule has 0 aliphatic rings. The molecule has 1 atom stereocenters. The molecule has 0 spiro atoms. The second-order valence-corrected chi connectivity index (χ2v) is 5.45. The van der Waals surface area contributed by atoms with Crippen LogP contribution in [0.5, 0.6) is 0 Å². The fraction of sp³-hybridized carbons (Fsp3) is 0.429. The molecule has 1 aromatic carbocycles. The highest BCUT2D eigenvalue weighted by atomic mass is 35.5. The zero-order valence-electron chi connectivity index (χ0n) is 11.1. The summed E-state index contributed by atoms with van der Waals surface area (Å²) in [6, 6.07) is 4.99. The molecule has 3 nitrogen and oxygen atoms in total. The van der Waals surface area contributed by atoms with E-state index < -0.39 is 11.9 Å². The minimum Gasteiger partial charge on any atom is -0.468 e. The van der Waals surface area contributed by atoms with Gasteiger partial charge >= 0.3 is 5.97 Å². The Balaban J connectivity index is 2.87. The number of carbonyl (C=O) groups excluding carboxylic acids is 2. The number of esters is 1. The maximum absolute atomic E-state index is 12.2. The molecule has 0 aliphatic carbocycles. The number of ether oxygens (including phenoxy) is 1. The highest BCUT2D eigenvalue weighted by Crippen LogP contribution is 2.24. The van der Waals surface area contributed by atoms with Crippen molar-refractivity contribution in [3.05, 3.63) is 33.8 Å². The molecule has 0 heterocycles. The van der Waals surface area contributed by atoms with Crippen LogP contribution in [0.4, 0.5) is 0 Å². The third-order valence-corrected chi connectivity index (χ3v) is 3.57. The van der Waals surface area contributed by atoms with E-state index in [-0.39, 0.29) is 18.1 Å². The first-order chi connectivity index (χ1) is 8.86. The highest BCUT2D eigenvalue weighted by molar-refractivity contribution is 6.42. The molecule has 0 bridgehead atoms. The normalized spacial score (nSPS) is 12.3. The summed E-state index contributed by atoms with van der Waals surface area (Å²) in [4.78, 5) is 23.8. The van der Waals surface area contributed by atoms with Crippen molar-refractivity contribution in [2.24, 2.45) is 11.8 Å². The first-order valence-corrected chi connectivity index (χ1v) is 6.67. The molecule has 19 heavy (non-hydrogen) atoms. The number of methoxy groups -OCH3 is 1. The molecule has 1 aromatic rings. The maximum Gasteiger partial charge on any atom is 0.316 e. The van der Waals surface area contributed by atoms with Gasteiger partial charge in [-0.05, 0) is 23.6 Å². The molecular weight excluding hydrogens is 287 g/mol. The molecule has 5 heteroatoms. The van der Waals surface area contributed by atoms with E-state index in [1.807, 2.05) is 13.8 Å². The van der Waals surface area contributed by atoms with Crippen molar-refractivity contribution in [1.29, 1.82) is 0 Å². The lowest BCUT2D eigenvalue weighted by atomic mass is 9.88. The maximum atomic E-state index is 12.2. The Labute approximate surface area is 122 Å². The Morgan fingerprint density at radius 3 is 2.32 bits per heavy atom. The molecule has 1 rings (SSSR count). The number of Topliss-reactive ketones (excluding diaryl/α,β-unsaturated/α-hetero) is 1. The summed E-state index contributed by atoms with van der Waals surface area (Å²) < 4.78 is 4.67. The van der Waals surface area contributed by atoms with Crippen LogP contribution in [-0.4, -0.2) is 18.9 Å². The van der Waals surface area contributed by atoms with E-state index >= 15 is 0 Å². The van der Waals surface area contributed by atoms with Crippen LogP contribution in [0.2, 0.25) is 10.0 Å². The number of benzene rings is 1. The lowest BCUT2D eigenvalue weighted by Crippen LogP contribution is -2.31. The first kappa shape index (κ1) is 16.0. The Hall–Kier alpha value is -1.06. The second kappa shape index (κ2) is 6.92. The third-order valence-electron chi connectivity index (χ3n) is 2.83. The largest absolute Gasteiger partial charge is 0.468 e. The second-order valence-electron chi connectivity index (χ2n) is 4.64. The Kier molecular flexibility index (Phi) is 5.83. The molecule has 0 saturated carbocycles. The van der Waals surface area contributed by atoms with Crippen LogP contribution in [0.15, 0.2) is 18.2 Å². The van der Waals surface area contributed by atoms with E-state index in [0.717, 1.165) is 5.56 Å². The van der Waals surface area contributed by atoms with Gasteiger partial charge in [0.05, 0.1) is 17.2 Å². The SMILES string of the molecule is COC(=O)C(C(=O)Cc1ccc(Cl)c(Cl)c1)C(C)C. The summed E-state index contributed by atoms with van der Waals surface area (Å²) in [6.07, 6.45) is 0.134. The van der Waals surface area contributed by atoms with Gasteiger partial charge in [0.1, 0.15) is 5.92 Å². The van der Waals surface area contributed by atoms with Gasteiger partial charge < -0.3 is 4.74 Å². The van der Waals surface area contributed by atoms with Crippen LogP contribution in [0.1, 0.15) is 19.4 Å². The molecule has 0 radical (unpaired) electrons. The van der Waals surface area contributed by atoms with Crippen LogP contribution in [0.25, 0.3) is 0 Å². The van der Waals surface area contributed by atoms with E-state index in [4.69, 9.17) is 23.2 Å². The summed E-state index contributed by atoms with van der Waals surface area (Å²) >= 11 is 11.7. The quantitative estimate of drug-likeness (QED) is 0.617. The topological polar surface area (TPSA) is 43.4 Å². The van der Waals surface area contributed by atoms with Gasteiger partial charge in [-0.1, -0.05) is 43.1 Å². The summed E-state index contributed by atoms with van der Waals surface area (Å²) in [5.74, 6) is -1.54. The lowest BCUT2D eigenvalue weighted by Gasteiger charge is -2.17. The number of halogens is 2. The predicted molar refractivity (Wildman–Crippen MR) is 75.5 cm³/mol. The molecule has 0 fully saturated rings. The molecular formula is C14H16Cl2O3. The molecule has 104 valence electrons. The van der Waals surface area contributed by atoms with Gasteiger partial charge in [-0.3, -0.25) is 9.59 Å². The average Bonchev–Trinajstić information content (AvgIpc) is 2.33. The van der Waals surface area contributed by atoms with Crippen molar-refractivity contribution in [3.8, 4) is 0 Å². The monoisotopic (exact) mass is 302 g/mol. The number of hydrogen-bond donors (Lipinski definition) is 0. The van der Waals surface area contributed by atoms with E-state index in [9.17, 15) is 9.59 Å². The first-order valence-electron chi connectivity index (χ1n) is 5.91. The van der Waals surface area contributed by atoms with Gasteiger partial charge in [-0.2, -0.15) is 0 Å². The van der Waals surface area contributed by atoms with Gasteiger partial charge in [-0.15, -0.1) is 0 Å². The summed E-state index contributed by atoms with van der Waals surface area (Å²) in [5.41, 5.74) is 0.731. The van der Waals surface area contributed by atoms with Crippen molar-refractivity contribution in [2.75, 3.05) is 7.11 Å². The Morgan fingerprint density at radius 2 is 1.84 bits per heavy atom. The highest BCUT2D eigenvalue weighted by Gasteiger charge is 2.30. The summed E-state index contributed by atoms with van der Waals surface area (Å²) in [5, 5.41) is 0.831. The van der Waals surface area contributed by atoms with Crippen molar-refractivity contribution in [3.63, 3.8) is 0 Å². The van der Waals surface area contributed by atoms with Crippen molar-refractivity contribution in [2.45, 2.75) is 20.3 Å². The Morgan fingerprint density at radius 1 is 1.21 bits per heavy atom. The van der Waals surface area contributed by atoms with Gasteiger partial charge in [0.15, 0.2) is 5.78 Å². The average molecular weight is 303 g/mol. The standard InChI is InChI=1S/C14H16Cl2O3/c1-8(2)13(14(18)19-3)12(17)7-9-4-5-10(15)11(16)6-9/h4-6,8,13H,7H2,1-3H3.